The summed E-state index contributed by atoms with van der Waals surface area (Å²) in [4.78, 5) is 27.1. The van der Waals surface area contributed by atoms with E-state index in [4.69, 9.17) is 44.9 Å². The fraction of sp³-hybridized carbons (Fsp3) is 0.0800. The molecule has 0 bridgehead atoms. The summed E-state index contributed by atoms with van der Waals surface area (Å²) in [5, 5.41) is 3.49. The van der Waals surface area contributed by atoms with E-state index in [9.17, 15) is 9.59 Å². The topological polar surface area (TPSA) is 67.9 Å². The molecule has 178 valence electrons. The summed E-state index contributed by atoms with van der Waals surface area (Å²) in [5.41, 5.74) is 1.93. The van der Waals surface area contributed by atoms with E-state index in [1.54, 1.807) is 79.9 Å². The van der Waals surface area contributed by atoms with Crippen LogP contribution >= 0.6 is 47.2 Å². The molecule has 3 aromatic rings. The highest BCUT2D eigenvalue weighted by atomic mass is 35.5. The molecule has 3 aromatic carbocycles. The van der Waals surface area contributed by atoms with Crippen molar-refractivity contribution in [1.82, 2.24) is 0 Å². The Morgan fingerprint density at radius 2 is 1.74 bits per heavy atom. The third kappa shape index (κ3) is 6.15. The van der Waals surface area contributed by atoms with E-state index < -0.39 is 0 Å². The second-order valence-corrected chi connectivity index (χ2v) is 9.76. The van der Waals surface area contributed by atoms with Crippen LogP contribution in [0, 0.1) is 0 Å². The van der Waals surface area contributed by atoms with Gasteiger partial charge in [-0.3, -0.25) is 14.5 Å². The second-order valence-electron chi connectivity index (χ2n) is 7.25. The van der Waals surface area contributed by atoms with E-state index in [1.165, 1.54) is 16.7 Å². The van der Waals surface area contributed by atoms with Gasteiger partial charge in [0.1, 0.15) is 11.5 Å². The summed E-state index contributed by atoms with van der Waals surface area (Å²) >= 11 is 18.6. The molecule has 1 fully saturated rings. The average Bonchev–Trinajstić information content (AvgIpc) is 3.13. The van der Waals surface area contributed by atoms with Gasteiger partial charge in [0.2, 0.25) is 0 Å². The van der Waals surface area contributed by atoms with Gasteiger partial charge in [-0.25, -0.2) is 0 Å². The van der Waals surface area contributed by atoms with Gasteiger partial charge in [-0.2, -0.15) is 0 Å². The Bertz CT molecular complexity index is 1310. The molecule has 6 nitrogen and oxygen atoms in total. The number of thiocarbonyl (C=S) groups is 1. The summed E-state index contributed by atoms with van der Waals surface area (Å²) < 4.78 is 11.2. The number of hydrogen-bond acceptors (Lipinski definition) is 6. The van der Waals surface area contributed by atoms with Crippen molar-refractivity contribution in [3.63, 3.8) is 0 Å². The fourth-order valence-corrected chi connectivity index (χ4v) is 4.91. The van der Waals surface area contributed by atoms with Crippen molar-refractivity contribution in [3.8, 4) is 11.5 Å². The summed E-state index contributed by atoms with van der Waals surface area (Å²) in [6, 6.07) is 19.0. The normalized spacial score (nSPS) is 14.4. The molecule has 1 saturated heterocycles. The van der Waals surface area contributed by atoms with E-state index in [2.05, 4.69) is 5.32 Å². The highest BCUT2D eigenvalue weighted by Gasteiger charge is 2.33. The van der Waals surface area contributed by atoms with Gasteiger partial charge in [0.15, 0.2) is 10.9 Å². The maximum absolute atomic E-state index is 12.9. The minimum atomic E-state index is -0.361. The number of amides is 2. The Balaban J connectivity index is 1.36. The lowest BCUT2D eigenvalue weighted by atomic mass is 10.2. The van der Waals surface area contributed by atoms with Crippen LogP contribution in [0.2, 0.25) is 10.0 Å². The van der Waals surface area contributed by atoms with Crippen LogP contribution in [0.5, 0.6) is 11.5 Å². The molecule has 0 unspecified atom stereocenters. The first-order valence-corrected chi connectivity index (χ1v) is 12.2. The molecule has 35 heavy (non-hydrogen) atoms. The molecule has 2 amide bonds. The molecule has 0 aromatic heterocycles. The van der Waals surface area contributed by atoms with Crippen molar-refractivity contribution in [1.29, 1.82) is 0 Å². The lowest BCUT2D eigenvalue weighted by molar-refractivity contribution is -0.118. The zero-order chi connectivity index (χ0) is 24.9. The predicted molar refractivity (Wildman–Crippen MR) is 146 cm³/mol. The van der Waals surface area contributed by atoms with Crippen LogP contribution in [0.4, 0.5) is 11.4 Å². The smallest absolute Gasteiger partial charge is 0.270 e. The predicted octanol–water partition coefficient (Wildman–Crippen LogP) is 6.43. The molecule has 10 heteroatoms. The number of anilines is 2. The van der Waals surface area contributed by atoms with Gasteiger partial charge < -0.3 is 14.8 Å². The van der Waals surface area contributed by atoms with Gasteiger partial charge in [0, 0.05) is 5.02 Å². The zero-order valence-corrected chi connectivity index (χ0v) is 21.4. The number of ether oxygens (including phenoxy) is 2. The first-order chi connectivity index (χ1) is 16.8. The minimum Gasteiger partial charge on any atom is -0.497 e. The summed E-state index contributed by atoms with van der Waals surface area (Å²) in [6.45, 7) is -0.196. The first-order valence-electron chi connectivity index (χ1n) is 10.2. The fourth-order valence-electron chi connectivity index (χ4n) is 3.16. The van der Waals surface area contributed by atoms with Crippen molar-refractivity contribution in [2.24, 2.45) is 0 Å². The van der Waals surface area contributed by atoms with Crippen LogP contribution < -0.4 is 19.7 Å². The average molecular weight is 545 g/mol. The van der Waals surface area contributed by atoms with E-state index in [0.717, 1.165) is 5.56 Å². The van der Waals surface area contributed by atoms with Crippen molar-refractivity contribution in [2.75, 3.05) is 23.9 Å². The van der Waals surface area contributed by atoms with Crippen LogP contribution in [0.3, 0.4) is 0 Å². The Kier molecular flexibility index (Phi) is 7.97. The third-order valence-corrected chi connectivity index (χ3v) is 6.73. The van der Waals surface area contributed by atoms with Crippen LogP contribution in [-0.4, -0.2) is 29.9 Å². The molecule has 0 spiro atoms. The molecular formula is C25H18Cl2N2O4S2. The highest BCUT2D eigenvalue weighted by molar-refractivity contribution is 8.27. The molecule has 0 atom stereocenters. The molecule has 1 aliphatic heterocycles. The molecule has 1 aliphatic rings. The van der Waals surface area contributed by atoms with Crippen LogP contribution in [-0.2, 0) is 9.59 Å². The van der Waals surface area contributed by atoms with E-state index in [1.807, 2.05) is 0 Å². The molecular weight excluding hydrogens is 527 g/mol. The van der Waals surface area contributed by atoms with Crippen molar-refractivity contribution >= 4 is 80.8 Å². The first kappa shape index (κ1) is 25.1. The van der Waals surface area contributed by atoms with E-state index >= 15 is 0 Å². The second kappa shape index (κ2) is 11.1. The van der Waals surface area contributed by atoms with Gasteiger partial charge >= 0.3 is 0 Å². The summed E-state index contributed by atoms with van der Waals surface area (Å²) in [5.74, 6) is 0.650. The number of rotatable bonds is 7. The molecule has 0 aliphatic carbocycles. The lowest BCUT2D eigenvalue weighted by Crippen LogP contribution is -2.27. The molecule has 1 heterocycles. The van der Waals surface area contributed by atoms with Gasteiger partial charge in [0.25, 0.3) is 11.8 Å². The quantitative estimate of drug-likeness (QED) is 0.273. The highest BCUT2D eigenvalue weighted by Crippen LogP contribution is 2.36. The van der Waals surface area contributed by atoms with Crippen molar-refractivity contribution in [3.05, 3.63) is 87.2 Å². The van der Waals surface area contributed by atoms with Gasteiger partial charge in [-0.15, -0.1) is 0 Å². The monoisotopic (exact) mass is 544 g/mol. The SMILES string of the molecule is COc1ccc(N2C(=O)/C(=C/c3ccc(OCC(=O)Nc4ccc(Cl)cc4Cl)cc3)SC2=S)cc1. The Morgan fingerprint density at radius 3 is 2.40 bits per heavy atom. The molecule has 4 rings (SSSR count). The number of nitrogens with zero attached hydrogens (tertiary/aromatic N) is 1. The lowest BCUT2D eigenvalue weighted by Gasteiger charge is -2.14. The van der Waals surface area contributed by atoms with Crippen molar-refractivity contribution < 1.29 is 19.1 Å². The van der Waals surface area contributed by atoms with Gasteiger partial charge in [-0.05, 0) is 66.2 Å². The van der Waals surface area contributed by atoms with E-state index in [0.29, 0.717) is 42.1 Å². The number of halogens is 2. The zero-order valence-electron chi connectivity index (χ0n) is 18.3. The van der Waals surface area contributed by atoms with Gasteiger partial charge in [0.05, 0.1) is 28.4 Å². The minimum absolute atomic E-state index is 0.192. The number of carbonyl (C=O) groups is 2. The number of thioether (sulfide) groups is 1. The van der Waals surface area contributed by atoms with Crippen molar-refractivity contribution in [2.45, 2.75) is 0 Å². The largest absolute Gasteiger partial charge is 0.497 e. The Morgan fingerprint density at radius 1 is 1.06 bits per heavy atom. The third-order valence-electron chi connectivity index (χ3n) is 4.88. The summed E-state index contributed by atoms with van der Waals surface area (Å²) in [7, 11) is 1.58. The van der Waals surface area contributed by atoms with Crippen LogP contribution in [0.15, 0.2) is 71.6 Å². The Hall–Kier alpha value is -3.04. The maximum atomic E-state index is 12.9. The van der Waals surface area contributed by atoms with Crippen LogP contribution in [0.1, 0.15) is 5.56 Å². The van der Waals surface area contributed by atoms with Crippen LogP contribution in [0.25, 0.3) is 6.08 Å². The maximum Gasteiger partial charge on any atom is 0.270 e. The molecule has 0 saturated carbocycles. The standard InChI is InChI=1S/C25H18Cl2N2O4S2/c1-32-18-9-5-17(6-10-18)29-24(31)22(35-25(29)34)12-15-2-7-19(8-3-15)33-14-23(30)28-21-11-4-16(26)13-20(21)27/h2-13H,14H2,1H3,(H,28,30)/b22-12-. The Labute approximate surface area is 221 Å². The number of nitrogens with one attached hydrogen (secondary N) is 1. The number of methoxy groups -OCH3 is 1. The number of carbonyl (C=O) groups excluding carboxylic acids is 2. The van der Waals surface area contributed by atoms with E-state index in [-0.39, 0.29) is 18.4 Å². The van der Waals surface area contributed by atoms with Gasteiger partial charge in [-0.1, -0.05) is 59.3 Å². The summed E-state index contributed by atoms with van der Waals surface area (Å²) in [6.07, 6.45) is 1.77. The molecule has 0 radical (unpaired) electrons. The number of benzene rings is 3. The number of hydrogen-bond donors (Lipinski definition) is 1. The molecule has 1 N–H and O–H groups in total.